The first-order chi connectivity index (χ1) is 10.1. The second kappa shape index (κ2) is 9.40. The van der Waals surface area contributed by atoms with Crippen LogP contribution in [0.15, 0.2) is 24.3 Å². The highest BCUT2D eigenvalue weighted by Gasteiger charge is 2.14. The largest absolute Gasteiger partial charge is 0.350 e. The van der Waals surface area contributed by atoms with Crippen molar-refractivity contribution in [3.05, 3.63) is 29.8 Å². The van der Waals surface area contributed by atoms with Crippen LogP contribution < -0.4 is 10.6 Å². The number of unbranched alkanes of at least 4 members (excludes halogenated alkanes) is 1. The van der Waals surface area contributed by atoms with E-state index in [1.807, 2.05) is 13.8 Å². The van der Waals surface area contributed by atoms with E-state index in [0.29, 0.717) is 23.6 Å². The minimum atomic E-state index is -0.166. The summed E-state index contributed by atoms with van der Waals surface area (Å²) in [5, 5.41) is 5.70. The van der Waals surface area contributed by atoms with Gasteiger partial charge in [0.05, 0.1) is 11.3 Å². The molecule has 5 heteroatoms. The number of hydrogen-bond donors (Lipinski definition) is 2. The Bertz CT molecular complexity index is 477. The van der Waals surface area contributed by atoms with Crippen molar-refractivity contribution in [3.8, 4) is 0 Å². The van der Waals surface area contributed by atoms with Gasteiger partial charge in [-0.1, -0.05) is 19.1 Å². The molecule has 0 heterocycles. The molecule has 1 unspecified atom stereocenters. The highest BCUT2D eigenvalue weighted by Crippen LogP contribution is 2.16. The third kappa shape index (κ3) is 6.17. The number of halogens is 1. The maximum Gasteiger partial charge on any atom is 0.253 e. The molecular weight excluding hydrogens is 288 g/mol. The molecule has 21 heavy (non-hydrogen) atoms. The smallest absolute Gasteiger partial charge is 0.253 e. The lowest BCUT2D eigenvalue weighted by Crippen LogP contribution is -2.32. The lowest BCUT2D eigenvalue weighted by molar-refractivity contribution is -0.116. The zero-order chi connectivity index (χ0) is 15.7. The van der Waals surface area contributed by atoms with Crippen LogP contribution >= 0.6 is 11.6 Å². The summed E-state index contributed by atoms with van der Waals surface area (Å²) >= 11 is 5.59. The van der Waals surface area contributed by atoms with Gasteiger partial charge in [-0.3, -0.25) is 9.59 Å². The number of alkyl halides is 1. The maximum absolute atomic E-state index is 12.2. The minimum absolute atomic E-state index is 0.0936. The van der Waals surface area contributed by atoms with E-state index in [1.165, 1.54) is 0 Å². The number of carbonyl (C=O) groups is 2. The second-order valence-corrected chi connectivity index (χ2v) is 5.40. The quantitative estimate of drug-likeness (QED) is 0.570. The summed E-state index contributed by atoms with van der Waals surface area (Å²) in [6, 6.07) is 7.14. The second-order valence-electron chi connectivity index (χ2n) is 5.02. The molecule has 2 N–H and O–H groups in total. The molecule has 0 radical (unpaired) electrons. The lowest BCUT2D eigenvalue weighted by Gasteiger charge is -2.14. The van der Waals surface area contributed by atoms with Crippen LogP contribution in [0.3, 0.4) is 0 Å². The van der Waals surface area contributed by atoms with Gasteiger partial charge in [0.2, 0.25) is 5.91 Å². The van der Waals surface area contributed by atoms with Crippen molar-refractivity contribution in [1.82, 2.24) is 5.32 Å². The molecule has 0 saturated carbocycles. The van der Waals surface area contributed by atoms with Gasteiger partial charge in [0.1, 0.15) is 0 Å². The van der Waals surface area contributed by atoms with Gasteiger partial charge < -0.3 is 10.6 Å². The van der Waals surface area contributed by atoms with Crippen molar-refractivity contribution >= 4 is 29.1 Å². The Kier molecular flexibility index (Phi) is 7.83. The number of rotatable bonds is 8. The van der Waals surface area contributed by atoms with Gasteiger partial charge in [-0.05, 0) is 38.3 Å². The summed E-state index contributed by atoms with van der Waals surface area (Å²) in [7, 11) is 0. The van der Waals surface area contributed by atoms with E-state index >= 15 is 0 Å². The predicted octanol–water partition coefficient (Wildman–Crippen LogP) is 3.56. The Morgan fingerprint density at radius 3 is 2.62 bits per heavy atom. The molecule has 0 bridgehead atoms. The van der Waals surface area contributed by atoms with Crippen molar-refractivity contribution in [1.29, 1.82) is 0 Å². The van der Waals surface area contributed by atoms with Crippen LogP contribution in [0.2, 0.25) is 0 Å². The van der Waals surface area contributed by atoms with Gasteiger partial charge >= 0.3 is 0 Å². The topological polar surface area (TPSA) is 58.2 Å². The van der Waals surface area contributed by atoms with E-state index in [4.69, 9.17) is 11.6 Å². The Morgan fingerprint density at radius 2 is 1.95 bits per heavy atom. The molecule has 1 atom stereocenters. The van der Waals surface area contributed by atoms with E-state index in [1.54, 1.807) is 24.3 Å². The van der Waals surface area contributed by atoms with Gasteiger partial charge in [-0.25, -0.2) is 0 Å². The molecule has 1 aromatic rings. The highest BCUT2D eigenvalue weighted by atomic mass is 35.5. The summed E-state index contributed by atoms with van der Waals surface area (Å²) in [6.45, 7) is 3.96. The molecule has 0 aromatic heterocycles. The summed E-state index contributed by atoms with van der Waals surface area (Å²) in [6.07, 6.45) is 2.83. The average Bonchev–Trinajstić information content (AvgIpc) is 2.47. The van der Waals surface area contributed by atoms with Gasteiger partial charge in [-0.2, -0.15) is 0 Å². The Labute approximate surface area is 131 Å². The van der Waals surface area contributed by atoms with Gasteiger partial charge in [0, 0.05) is 18.3 Å². The molecule has 0 spiro atoms. The number of hydrogen-bond acceptors (Lipinski definition) is 2. The number of amides is 2. The fourth-order valence-corrected chi connectivity index (χ4v) is 1.98. The number of anilines is 1. The normalized spacial score (nSPS) is 11.8. The van der Waals surface area contributed by atoms with Crippen LogP contribution in [0.5, 0.6) is 0 Å². The summed E-state index contributed by atoms with van der Waals surface area (Å²) in [5.41, 5.74) is 1.04. The van der Waals surface area contributed by atoms with Crippen molar-refractivity contribution < 1.29 is 9.59 Å². The van der Waals surface area contributed by atoms with E-state index < -0.39 is 0 Å². The molecule has 0 fully saturated rings. The fraction of sp³-hybridized carbons (Fsp3) is 0.500. The summed E-state index contributed by atoms with van der Waals surface area (Å²) < 4.78 is 0. The fourth-order valence-electron chi connectivity index (χ4n) is 1.79. The predicted molar refractivity (Wildman–Crippen MR) is 86.9 cm³/mol. The molecule has 0 aliphatic carbocycles. The molecule has 0 aliphatic heterocycles. The molecule has 2 amide bonds. The van der Waals surface area contributed by atoms with Gasteiger partial charge in [-0.15, -0.1) is 11.6 Å². The van der Waals surface area contributed by atoms with Crippen molar-refractivity contribution in [3.63, 3.8) is 0 Å². The summed E-state index contributed by atoms with van der Waals surface area (Å²) in [5.74, 6) is 0.297. The molecule has 116 valence electrons. The van der Waals surface area contributed by atoms with Crippen LogP contribution in [-0.2, 0) is 4.79 Å². The van der Waals surface area contributed by atoms with E-state index in [9.17, 15) is 9.59 Å². The number of benzene rings is 1. The third-order valence-corrected chi connectivity index (χ3v) is 3.49. The Morgan fingerprint density at radius 1 is 1.24 bits per heavy atom. The lowest BCUT2D eigenvalue weighted by atomic mass is 10.1. The minimum Gasteiger partial charge on any atom is -0.350 e. The van der Waals surface area contributed by atoms with Gasteiger partial charge in [0.25, 0.3) is 5.91 Å². The molecule has 1 aromatic carbocycles. The van der Waals surface area contributed by atoms with E-state index in [-0.39, 0.29) is 17.9 Å². The van der Waals surface area contributed by atoms with Crippen LogP contribution in [0.4, 0.5) is 5.69 Å². The SMILES string of the molecule is CCC(C)NC(=O)c1ccccc1NC(=O)CCCCCl. The molecule has 0 aliphatic rings. The molecular formula is C16H23ClN2O2. The number of para-hydroxylation sites is 1. The first-order valence-electron chi connectivity index (χ1n) is 7.34. The number of carbonyl (C=O) groups excluding carboxylic acids is 2. The van der Waals surface area contributed by atoms with E-state index in [0.717, 1.165) is 19.3 Å². The van der Waals surface area contributed by atoms with Crippen LogP contribution in [0, 0.1) is 0 Å². The van der Waals surface area contributed by atoms with Crippen LogP contribution in [0.25, 0.3) is 0 Å². The van der Waals surface area contributed by atoms with Gasteiger partial charge in [0.15, 0.2) is 0 Å². The first kappa shape index (κ1) is 17.5. The van der Waals surface area contributed by atoms with Crippen molar-refractivity contribution in [2.24, 2.45) is 0 Å². The Balaban J connectivity index is 2.70. The van der Waals surface area contributed by atoms with E-state index in [2.05, 4.69) is 10.6 Å². The molecule has 0 saturated heterocycles. The third-order valence-electron chi connectivity index (χ3n) is 3.22. The van der Waals surface area contributed by atoms with Crippen molar-refractivity contribution in [2.75, 3.05) is 11.2 Å². The Hall–Kier alpha value is -1.55. The van der Waals surface area contributed by atoms with Crippen LogP contribution in [-0.4, -0.2) is 23.7 Å². The number of nitrogens with one attached hydrogen (secondary N) is 2. The van der Waals surface area contributed by atoms with Crippen molar-refractivity contribution in [2.45, 2.75) is 45.6 Å². The first-order valence-corrected chi connectivity index (χ1v) is 7.87. The average molecular weight is 311 g/mol. The highest BCUT2D eigenvalue weighted by molar-refractivity contribution is 6.17. The van der Waals surface area contributed by atoms with Crippen LogP contribution in [0.1, 0.15) is 49.9 Å². The molecule has 1 rings (SSSR count). The standard InChI is InChI=1S/C16H23ClN2O2/c1-3-12(2)18-16(21)13-8-4-5-9-14(13)19-15(20)10-6-7-11-17/h4-5,8-9,12H,3,6-7,10-11H2,1-2H3,(H,18,21)(H,19,20). The molecule has 4 nitrogen and oxygen atoms in total. The summed E-state index contributed by atoms with van der Waals surface area (Å²) in [4.78, 5) is 24.1. The monoisotopic (exact) mass is 310 g/mol. The zero-order valence-corrected chi connectivity index (χ0v) is 13.4. The zero-order valence-electron chi connectivity index (χ0n) is 12.6. The maximum atomic E-state index is 12.2.